The number of benzene rings is 2. The summed E-state index contributed by atoms with van der Waals surface area (Å²) in [6, 6.07) is 17.6. The van der Waals surface area contributed by atoms with Gasteiger partial charge in [0.05, 0.1) is 25.1 Å². The smallest absolute Gasteiger partial charge is 0.250 e. The van der Waals surface area contributed by atoms with E-state index in [1.165, 1.54) is 32.1 Å². The van der Waals surface area contributed by atoms with Crippen molar-refractivity contribution < 1.29 is 19.1 Å². The highest BCUT2D eigenvalue weighted by atomic mass is 35.5. The molecule has 0 radical (unpaired) electrons. The number of likely N-dealkylation sites (tertiary alicyclic amines) is 1. The minimum atomic E-state index is -1.19. The van der Waals surface area contributed by atoms with Crippen LogP contribution < -0.4 is 16.4 Å². The lowest BCUT2D eigenvalue weighted by molar-refractivity contribution is -0.136. The molecule has 3 amide bonds. The van der Waals surface area contributed by atoms with Gasteiger partial charge in [-0.2, -0.15) is 0 Å². The summed E-state index contributed by atoms with van der Waals surface area (Å²) in [5.74, 6) is -0.695. The van der Waals surface area contributed by atoms with Crippen molar-refractivity contribution in [2.24, 2.45) is 11.1 Å². The van der Waals surface area contributed by atoms with Gasteiger partial charge in [0.25, 0.3) is 5.91 Å². The van der Waals surface area contributed by atoms with Crippen molar-refractivity contribution in [1.82, 2.24) is 19.8 Å². The molecular weight excluding hydrogens is 639 g/mol. The van der Waals surface area contributed by atoms with Crippen LogP contribution in [0.15, 0.2) is 73.2 Å². The van der Waals surface area contributed by atoms with Crippen LogP contribution >= 0.6 is 24.8 Å². The Kier molecular flexibility index (Phi) is 13.8. The minimum Gasteiger partial charge on any atom is -0.374 e. The van der Waals surface area contributed by atoms with Gasteiger partial charge in [-0.05, 0) is 56.1 Å². The Morgan fingerprint density at radius 1 is 0.936 bits per heavy atom. The van der Waals surface area contributed by atoms with E-state index >= 15 is 0 Å². The maximum absolute atomic E-state index is 14.1. The number of nitrogens with one attached hydrogen (secondary N) is 2. The summed E-state index contributed by atoms with van der Waals surface area (Å²) in [4.78, 5) is 46.6. The third-order valence-corrected chi connectivity index (χ3v) is 9.15. The molecule has 2 atom stereocenters. The largest absolute Gasteiger partial charge is 0.374 e. The van der Waals surface area contributed by atoms with Crippen molar-refractivity contribution in [3.8, 4) is 0 Å². The standard InChI is InChI=1S/C35H46N6O4.2ClH/c1-34(2,36)33(44)38-28(24-45-23-26-12-6-3-7-13-26)31(42)39-29-22-41(25-37-29)30(27-14-8-4-9-15-27)32(43)40-20-18-35(19-21-40)16-10-5-11-17-35;;/h3-4,6-9,12-15,22,25,28,30H,5,10-11,16-21,23-24,36H2,1-2H3,(H,38,44)(H,39,42);2*1H/t28-,30?;;/m1../s1. The van der Waals surface area contributed by atoms with Crippen LogP contribution in [0, 0.1) is 5.41 Å². The average molecular weight is 688 g/mol. The van der Waals surface area contributed by atoms with E-state index in [0.29, 0.717) is 5.41 Å². The van der Waals surface area contributed by atoms with Crippen LogP contribution in [0.3, 0.4) is 0 Å². The number of anilines is 1. The molecule has 4 N–H and O–H groups in total. The zero-order valence-corrected chi connectivity index (χ0v) is 28.9. The lowest BCUT2D eigenvalue weighted by atomic mass is 9.68. The van der Waals surface area contributed by atoms with Gasteiger partial charge in [0.2, 0.25) is 11.8 Å². The van der Waals surface area contributed by atoms with Crippen molar-refractivity contribution in [2.75, 3.05) is 25.0 Å². The summed E-state index contributed by atoms with van der Waals surface area (Å²) in [5, 5.41) is 5.51. The molecule has 2 fully saturated rings. The second kappa shape index (κ2) is 17.1. The van der Waals surface area contributed by atoms with E-state index in [-0.39, 0.29) is 49.8 Å². The number of nitrogens with zero attached hydrogens (tertiary/aromatic N) is 3. The summed E-state index contributed by atoms with van der Waals surface area (Å²) in [7, 11) is 0. The number of piperidine rings is 1. The Hall–Kier alpha value is -3.44. The Morgan fingerprint density at radius 3 is 2.17 bits per heavy atom. The van der Waals surface area contributed by atoms with Crippen molar-refractivity contribution in [3.05, 3.63) is 84.3 Å². The first-order valence-corrected chi connectivity index (χ1v) is 16.0. The number of ether oxygens (including phenoxy) is 1. The summed E-state index contributed by atoms with van der Waals surface area (Å²) < 4.78 is 7.55. The van der Waals surface area contributed by atoms with Gasteiger partial charge in [-0.1, -0.05) is 79.9 Å². The van der Waals surface area contributed by atoms with Crippen molar-refractivity contribution >= 4 is 48.4 Å². The molecule has 47 heavy (non-hydrogen) atoms. The number of rotatable bonds is 11. The highest BCUT2D eigenvalue weighted by Crippen LogP contribution is 2.44. The number of hydrogen-bond acceptors (Lipinski definition) is 6. The Balaban J connectivity index is 0.00000300. The number of aromatic nitrogens is 2. The molecular formula is C35H48Cl2N6O4. The summed E-state index contributed by atoms with van der Waals surface area (Å²) in [6.07, 6.45) is 11.8. The highest BCUT2D eigenvalue weighted by molar-refractivity contribution is 5.98. The van der Waals surface area contributed by atoms with Gasteiger partial charge in [-0.25, -0.2) is 4.98 Å². The Bertz CT molecular complexity index is 1430. The first kappa shape index (κ1) is 38.0. The summed E-state index contributed by atoms with van der Waals surface area (Å²) in [5.41, 5.74) is 6.98. The number of halogens is 2. The Labute approximate surface area is 290 Å². The van der Waals surface area contributed by atoms with Gasteiger partial charge >= 0.3 is 0 Å². The van der Waals surface area contributed by atoms with E-state index < -0.39 is 29.4 Å². The second-order valence-corrected chi connectivity index (χ2v) is 13.1. The molecule has 2 aromatic carbocycles. The van der Waals surface area contributed by atoms with Gasteiger partial charge in [0.1, 0.15) is 12.1 Å². The quantitative estimate of drug-likeness (QED) is 0.252. The lowest BCUT2D eigenvalue weighted by Gasteiger charge is -2.45. The minimum absolute atomic E-state index is 0. The van der Waals surface area contributed by atoms with E-state index in [0.717, 1.165) is 37.1 Å². The molecule has 1 saturated heterocycles. The third kappa shape index (κ3) is 10.0. The number of carbonyl (C=O) groups is 3. The summed E-state index contributed by atoms with van der Waals surface area (Å²) in [6.45, 7) is 4.86. The fourth-order valence-electron chi connectivity index (χ4n) is 6.41. The van der Waals surface area contributed by atoms with Crippen LogP contribution in [0.4, 0.5) is 5.82 Å². The van der Waals surface area contributed by atoms with Gasteiger partial charge in [0.15, 0.2) is 5.82 Å². The summed E-state index contributed by atoms with van der Waals surface area (Å²) >= 11 is 0. The van der Waals surface area contributed by atoms with Crippen LogP contribution in [0.1, 0.15) is 76.0 Å². The van der Waals surface area contributed by atoms with Crippen molar-refractivity contribution in [3.63, 3.8) is 0 Å². The molecule has 1 aliphatic carbocycles. The topological polar surface area (TPSA) is 132 Å². The molecule has 1 aromatic heterocycles. The highest BCUT2D eigenvalue weighted by Gasteiger charge is 2.38. The number of nitrogens with two attached hydrogens (primary N) is 1. The van der Waals surface area contributed by atoms with Crippen LogP contribution in [0.2, 0.25) is 0 Å². The molecule has 2 heterocycles. The van der Waals surface area contributed by atoms with Crippen LogP contribution in [-0.4, -0.2) is 63.4 Å². The number of carbonyl (C=O) groups excluding carboxylic acids is 3. The molecule has 10 nitrogen and oxygen atoms in total. The van der Waals surface area contributed by atoms with Crippen LogP contribution in [0.5, 0.6) is 0 Å². The monoisotopic (exact) mass is 686 g/mol. The fourth-order valence-corrected chi connectivity index (χ4v) is 6.41. The molecule has 1 aliphatic heterocycles. The maximum atomic E-state index is 14.1. The molecule has 5 rings (SSSR count). The maximum Gasteiger partial charge on any atom is 0.250 e. The third-order valence-electron chi connectivity index (χ3n) is 9.15. The molecule has 2 aliphatic rings. The van der Waals surface area contributed by atoms with Gasteiger partial charge < -0.3 is 30.6 Å². The molecule has 256 valence electrons. The molecule has 12 heteroatoms. The van der Waals surface area contributed by atoms with E-state index in [1.807, 2.05) is 65.6 Å². The van der Waals surface area contributed by atoms with E-state index in [9.17, 15) is 14.4 Å². The molecule has 1 unspecified atom stereocenters. The number of amides is 3. The predicted octanol–water partition coefficient (Wildman–Crippen LogP) is 5.27. The number of hydrogen-bond donors (Lipinski definition) is 3. The molecule has 1 saturated carbocycles. The zero-order valence-electron chi connectivity index (χ0n) is 27.2. The van der Waals surface area contributed by atoms with Gasteiger partial charge in [-0.15, -0.1) is 24.8 Å². The van der Waals surface area contributed by atoms with Crippen LogP contribution in [0.25, 0.3) is 0 Å². The average Bonchev–Trinajstić information content (AvgIpc) is 3.49. The second-order valence-electron chi connectivity index (χ2n) is 13.1. The predicted molar refractivity (Wildman–Crippen MR) is 188 cm³/mol. The Morgan fingerprint density at radius 2 is 1.55 bits per heavy atom. The fraction of sp³-hybridized carbons (Fsp3) is 0.486. The lowest BCUT2D eigenvalue weighted by Crippen LogP contribution is -2.56. The van der Waals surface area contributed by atoms with Gasteiger partial charge in [-0.3, -0.25) is 14.4 Å². The van der Waals surface area contributed by atoms with E-state index in [1.54, 1.807) is 30.9 Å². The van der Waals surface area contributed by atoms with Crippen LogP contribution in [-0.2, 0) is 25.7 Å². The van der Waals surface area contributed by atoms with Gasteiger partial charge in [0, 0.05) is 19.3 Å². The SMILES string of the molecule is CC(C)(N)C(=O)N[C@H](COCc1ccccc1)C(=O)Nc1cn(C(C(=O)N2CCC3(CCCCC3)CC2)c2ccccc2)cn1.Cl.Cl. The first-order chi connectivity index (χ1) is 21.6. The normalized spacial score (nSPS) is 17.0. The van der Waals surface area contributed by atoms with Crippen molar-refractivity contribution in [2.45, 2.75) is 83.0 Å². The molecule has 3 aromatic rings. The number of imidazole rings is 1. The first-order valence-electron chi connectivity index (χ1n) is 16.0. The molecule has 0 bridgehead atoms. The zero-order chi connectivity index (χ0) is 31.9. The van der Waals surface area contributed by atoms with E-state index in [4.69, 9.17) is 10.5 Å². The van der Waals surface area contributed by atoms with Crippen molar-refractivity contribution in [1.29, 1.82) is 0 Å². The molecule has 1 spiro atoms. The van der Waals surface area contributed by atoms with E-state index in [2.05, 4.69) is 15.6 Å².